The molecule has 0 aromatic carbocycles. The molecule has 2 rings (SSSR count). The summed E-state index contributed by atoms with van der Waals surface area (Å²) in [7, 11) is 0. The summed E-state index contributed by atoms with van der Waals surface area (Å²) >= 11 is 7.48. The molecule has 18 heavy (non-hydrogen) atoms. The van der Waals surface area contributed by atoms with Gasteiger partial charge < -0.3 is 5.32 Å². The zero-order valence-electron chi connectivity index (χ0n) is 9.15. The number of aromatic nitrogens is 4. The summed E-state index contributed by atoms with van der Waals surface area (Å²) < 4.78 is 4.81. The number of rotatable bonds is 3. The first-order chi connectivity index (χ1) is 8.61. The highest BCUT2D eigenvalue weighted by molar-refractivity contribution is 9.11. The number of carbonyl (C=O) groups excluding carboxylic acids is 1. The van der Waals surface area contributed by atoms with E-state index in [1.807, 2.05) is 6.92 Å². The monoisotopic (exact) mass is 391 g/mol. The van der Waals surface area contributed by atoms with Gasteiger partial charge in [0.05, 0.1) is 11.9 Å². The summed E-state index contributed by atoms with van der Waals surface area (Å²) in [5.74, 6) is 0.0813. The van der Waals surface area contributed by atoms with Gasteiger partial charge in [-0.3, -0.25) is 4.79 Å². The maximum Gasteiger partial charge on any atom is 0.270 e. The normalized spacial score (nSPS) is 10.4. The van der Waals surface area contributed by atoms with E-state index in [9.17, 15) is 4.79 Å². The Morgan fingerprint density at radius 1 is 1.50 bits per heavy atom. The molecule has 6 nitrogen and oxygen atoms in total. The SMILES string of the molecule is CCc1nnsc1C(=O)Nc1ncc(Br)nc1Br. The largest absolute Gasteiger partial charge is 0.303 e. The molecule has 9 heteroatoms. The van der Waals surface area contributed by atoms with Crippen LogP contribution in [0.5, 0.6) is 0 Å². The summed E-state index contributed by atoms with van der Waals surface area (Å²) in [6.45, 7) is 1.92. The van der Waals surface area contributed by atoms with Gasteiger partial charge in [-0.2, -0.15) is 0 Å². The van der Waals surface area contributed by atoms with Gasteiger partial charge in [-0.05, 0) is 49.8 Å². The van der Waals surface area contributed by atoms with Gasteiger partial charge >= 0.3 is 0 Å². The van der Waals surface area contributed by atoms with Crippen molar-refractivity contribution in [2.45, 2.75) is 13.3 Å². The van der Waals surface area contributed by atoms with Crippen molar-refractivity contribution in [1.82, 2.24) is 19.6 Å². The van der Waals surface area contributed by atoms with E-state index < -0.39 is 0 Å². The Morgan fingerprint density at radius 3 is 2.94 bits per heavy atom. The second-order valence-electron chi connectivity index (χ2n) is 3.19. The fourth-order valence-corrected chi connectivity index (χ4v) is 2.76. The predicted molar refractivity (Wildman–Crippen MR) is 74.7 cm³/mol. The summed E-state index contributed by atoms with van der Waals surface area (Å²) in [4.78, 5) is 20.6. The van der Waals surface area contributed by atoms with Crippen molar-refractivity contribution >= 4 is 55.1 Å². The molecule has 94 valence electrons. The van der Waals surface area contributed by atoms with Gasteiger partial charge in [-0.1, -0.05) is 11.4 Å². The lowest BCUT2D eigenvalue weighted by Crippen LogP contribution is -2.14. The van der Waals surface area contributed by atoms with Crippen molar-refractivity contribution in [1.29, 1.82) is 0 Å². The third kappa shape index (κ3) is 2.90. The molecule has 0 fully saturated rings. The number of anilines is 1. The Bertz CT molecular complexity index is 588. The van der Waals surface area contributed by atoms with Crippen molar-refractivity contribution < 1.29 is 4.79 Å². The number of carbonyl (C=O) groups is 1. The van der Waals surface area contributed by atoms with E-state index in [-0.39, 0.29) is 5.91 Å². The predicted octanol–water partition coefficient (Wildman–Crippen LogP) is 2.67. The van der Waals surface area contributed by atoms with Gasteiger partial charge in [0.15, 0.2) is 5.82 Å². The Hall–Kier alpha value is -0.930. The molecule has 1 N–H and O–H groups in total. The summed E-state index contributed by atoms with van der Waals surface area (Å²) in [6.07, 6.45) is 2.17. The minimum Gasteiger partial charge on any atom is -0.303 e. The Labute approximate surface area is 124 Å². The maximum atomic E-state index is 12.0. The molecule has 1 amide bonds. The molecule has 2 heterocycles. The summed E-state index contributed by atoms with van der Waals surface area (Å²) in [5, 5.41) is 6.55. The number of hydrogen-bond acceptors (Lipinski definition) is 6. The maximum absolute atomic E-state index is 12.0. The van der Waals surface area contributed by atoms with Crippen molar-refractivity contribution in [3.8, 4) is 0 Å². The van der Waals surface area contributed by atoms with Crippen molar-refractivity contribution in [3.05, 3.63) is 26.0 Å². The number of aryl methyl sites for hydroxylation is 1. The van der Waals surface area contributed by atoms with Gasteiger partial charge in [0.2, 0.25) is 0 Å². The van der Waals surface area contributed by atoms with Crippen LogP contribution in [0.1, 0.15) is 22.3 Å². The van der Waals surface area contributed by atoms with E-state index in [2.05, 4.69) is 56.7 Å². The summed E-state index contributed by atoms with van der Waals surface area (Å²) in [6, 6.07) is 0. The molecule has 0 saturated carbocycles. The second kappa shape index (κ2) is 5.81. The Kier molecular flexibility index (Phi) is 4.36. The number of amides is 1. The molecule has 2 aromatic heterocycles. The van der Waals surface area contributed by atoms with Crippen LogP contribution < -0.4 is 5.32 Å². The van der Waals surface area contributed by atoms with Crippen LogP contribution in [0.3, 0.4) is 0 Å². The lowest BCUT2D eigenvalue weighted by atomic mass is 10.3. The van der Waals surface area contributed by atoms with E-state index in [0.717, 1.165) is 11.5 Å². The highest BCUT2D eigenvalue weighted by atomic mass is 79.9. The minimum atomic E-state index is -0.279. The molecule has 0 spiro atoms. The van der Waals surface area contributed by atoms with Crippen molar-refractivity contribution in [2.24, 2.45) is 0 Å². The van der Waals surface area contributed by atoms with Crippen LogP contribution in [0.25, 0.3) is 0 Å². The van der Waals surface area contributed by atoms with Crippen LogP contribution in [0.15, 0.2) is 15.4 Å². The lowest BCUT2D eigenvalue weighted by Gasteiger charge is -2.04. The molecule has 0 unspecified atom stereocenters. The topological polar surface area (TPSA) is 80.7 Å². The average Bonchev–Trinajstić information content (AvgIpc) is 2.81. The van der Waals surface area contributed by atoms with E-state index in [1.165, 1.54) is 6.20 Å². The van der Waals surface area contributed by atoms with Gasteiger partial charge in [0, 0.05) is 0 Å². The number of halogens is 2. The van der Waals surface area contributed by atoms with E-state index in [4.69, 9.17) is 0 Å². The zero-order valence-corrected chi connectivity index (χ0v) is 13.1. The molecule has 0 aliphatic heterocycles. The van der Waals surface area contributed by atoms with Crippen LogP contribution in [0.2, 0.25) is 0 Å². The molecule has 0 aliphatic carbocycles. The molecule has 0 aliphatic rings. The van der Waals surface area contributed by atoms with Gasteiger partial charge in [0.25, 0.3) is 5.91 Å². The third-order valence-electron chi connectivity index (χ3n) is 2.03. The van der Waals surface area contributed by atoms with Crippen LogP contribution in [-0.4, -0.2) is 25.5 Å². The third-order valence-corrected chi connectivity index (χ3v) is 3.73. The van der Waals surface area contributed by atoms with Gasteiger partial charge in [0.1, 0.15) is 14.1 Å². The van der Waals surface area contributed by atoms with Gasteiger partial charge in [-0.15, -0.1) is 5.10 Å². The molecule has 0 bridgehead atoms. The fraction of sp³-hybridized carbons (Fsp3) is 0.222. The second-order valence-corrected chi connectivity index (χ2v) is 5.51. The smallest absolute Gasteiger partial charge is 0.270 e. The van der Waals surface area contributed by atoms with E-state index in [1.54, 1.807) is 0 Å². The molecule has 0 saturated heterocycles. The molecule has 0 atom stereocenters. The Morgan fingerprint density at radius 2 is 2.28 bits per heavy atom. The fourth-order valence-electron chi connectivity index (χ4n) is 1.21. The average molecular weight is 393 g/mol. The lowest BCUT2D eigenvalue weighted by molar-refractivity contribution is 0.102. The van der Waals surface area contributed by atoms with Gasteiger partial charge in [-0.25, -0.2) is 9.97 Å². The molecular weight excluding hydrogens is 386 g/mol. The zero-order chi connectivity index (χ0) is 13.1. The van der Waals surface area contributed by atoms with Crippen LogP contribution >= 0.6 is 43.4 Å². The van der Waals surface area contributed by atoms with Crippen LogP contribution in [0.4, 0.5) is 5.82 Å². The standard InChI is InChI=1S/C9H7Br2N5OS/c1-2-4-6(18-16-15-4)9(17)14-8-7(11)13-5(10)3-12-8/h3H,2H2,1H3,(H,12,14,17). The number of nitrogens with one attached hydrogen (secondary N) is 1. The van der Waals surface area contributed by atoms with E-state index in [0.29, 0.717) is 32.0 Å². The minimum absolute atomic E-state index is 0.279. The molecular formula is C9H7Br2N5OS. The van der Waals surface area contributed by atoms with E-state index >= 15 is 0 Å². The highest BCUT2D eigenvalue weighted by Crippen LogP contribution is 2.21. The molecule has 2 aromatic rings. The summed E-state index contributed by atoms with van der Waals surface area (Å²) in [5.41, 5.74) is 0.679. The first kappa shape index (κ1) is 13.5. The molecule has 0 radical (unpaired) electrons. The van der Waals surface area contributed by atoms with Crippen molar-refractivity contribution in [2.75, 3.05) is 5.32 Å². The van der Waals surface area contributed by atoms with Crippen molar-refractivity contribution in [3.63, 3.8) is 0 Å². The number of nitrogens with zero attached hydrogens (tertiary/aromatic N) is 4. The van der Waals surface area contributed by atoms with Crippen LogP contribution in [0, 0.1) is 0 Å². The highest BCUT2D eigenvalue weighted by Gasteiger charge is 2.17. The quantitative estimate of drug-likeness (QED) is 0.868. The first-order valence-corrected chi connectivity index (χ1v) is 7.28. The van der Waals surface area contributed by atoms with Crippen LogP contribution in [-0.2, 0) is 6.42 Å². The number of hydrogen-bond donors (Lipinski definition) is 1. The first-order valence-electron chi connectivity index (χ1n) is 4.92. The Balaban J connectivity index is 2.21.